The molecule has 0 aliphatic heterocycles. The van der Waals surface area contributed by atoms with E-state index in [0.29, 0.717) is 25.3 Å². The Morgan fingerprint density at radius 2 is 1.94 bits per heavy atom. The molecular formula is C23H29F2N5O2. The topological polar surface area (TPSA) is 82.4 Å². The quantitative estimate of drug-likeness (QED) is 0.520. The Morgan fingerprint density at radius 1 is 1.22 bits per heavy atom. The molecule has 2 rings (SSSR count). The standard InChI is InChI=1S/C23H29F2N5O2/c1-5-29(16-17(3)30(6-2)20-9-12-27-19(14-20)15-26)22(31)7-10-23(24,25)18-8-11-28-21(13-18)32-4/h8-9,11-14,17H,5-7,10,16H2,1-4H3. The van der Waals surface area contributed by atoms with Crippen molar-refractivity contribution in [1.29, 1.82) is 5.26 Å². The van der Waals surface area contributed by atoms with Crippen LogP contribution in [-0.2, 0) is 10.7 Å². The second-order valence-corrected chi connectivity index (χ2v) is 7.37. The summed E-state index contributed by atoms with van der Waals surface area (Å²) in [5.74, 6) is -3.40. The lowest BCUT2D eigenvalue weighted by atomic mass is 10.0. The number of carbonyl (C=O) groups excluding carboxylic acids is 1. The van der Waals surface area contributed by atoms with E-state index in [2.05, 4.69) is 14.9 Å². The van der Waals surface area contributed by atoms with Crippen molar-refractivity contribution in [3.63, 3.8) is 0 Å². The first-order valence-corrected chi connectivity index (χ1v) is 10.5. The maximum atomic E-state index is 14.6. The molecule has 0 aromatic carbocycles. The Kier molecular flexibility index (Phi) is 8.88. The van der Waals surface area contributed by atoms with Gasteiger partial charge in [-0.15, -0.1) is 0 Å². The summed E-state index contributed by atoms with van der Waals surface area (Å²) < 4.78 is 34.2. The molecule has 9 heteroatoms. The smallest absolute Gasteiger partial charge is 0.274 e. The molecule has 172 valence electrons. The number of carbonyl (C=O) groups is 1. The van der Waals surface area contributed by atoms with E-state index in [1.807, 2.05) is 32.9 Å². The van der Waals surface area contributed by atoms with Crippen LogP contribution in [-0.4, -0.2) is 53.6 Å². The van der Waals surface area contributed by atoms with Gasteiger partial charge < -0.3 is 14.5 Å². The second-order valence-electron chi connectivity index (χ2n) is 7.37. The van der Waals surface area contributed by atoms with Gasteiger partial charge in [0.25, 0.3) is 5.92 Å². The number of nitriles is 1. The first-order valence-electron chi connectivity index (χ1n) is 10.5. The van der Waals surface area contributed by atoms with Gasteiger partial charge in [-0.3, -0.25) is 4.79 Å². The number of pyridine rings is 2. The Hall–Kier alpha value is -3.28. The minimum atomic E-state index is -3.17. The zero-order chi connectivity index (χ0) is 23.7. The van der Waals surface area contributed by atoms with Crippen LogP contribution in [0.2, 0.25) is 0 Å². The molecule has 1 amide bonds. The van der Waals surface area contributed by atoms with E-state index in [1.54, 1.807) is 17.2 Å². The highest BCUT2D eigenvalue weighted by atomic mass is 19.3. The van der Waals surface area contributed by atoms with Crippen LogP contribution in [0.15, 0.2) is 36.7 Å². The molecule has 7 nitrogen and oxygen atoms in total. The first-order chi connectivity index (χ1) is 15.2. The van der Waals surface area contributed by atoms with E-state index in [0.717, 1.165) is 5.69 Å². The summed E-state index contributed by atoms with van der Waals surface area (Å²) in [6.07, 6.45) is 1.96. The number of anilines is 1. The number of aromatic nitrogens is 2. The number of hydrogen-bond donors (Lipinski definition) is 0. The van der Waals surface area contributed by atoms with Crippen LogP contribution < -0.4 is 9.64 Å². The van der Waals surface area contributed by atoms with Crippen LogP contribution in [0.1, 0.15) is 44.9 Å². The zero-order valence-electron chi connectivity index (χ0n) is 18.9. The number of hydrogen-bond acceptors (Lipinski definition) is 6. The highest BCUT2D eigenvalue weighted by Gasteiger charge is 2.33. The van der Waals surface area contributed by atoms with Crippen LogP contribution in [0.5, 0.6) is 5.88 Å². The van der Waals surface area contributed by atoms with Crippen LogP contribution >= 0.6 is 0 Å². The lowest BCUT2D eigenvalue weighted by Crippen LogP contribution is -2.45. The van der Waals surface area contributed by atoms with Gasteiger partial charge in [-0.2, -0.15) is 5.26 Å². The minimum Gasteiger partial charge on any atom is -0.481 e. The number of nitrogens with zero attached hydrogens (tertiary/aromatic N) is 5. The summed E-state index contributed by atoms with van der Waals surface area (Å²) in [4.78, 5) is 24.2. The maximum absolute atomic E-state index is 14.6. The molecule has 0 saturated heterocycles. The van der Waals surface area contributed by atoms with E-state index in [-0.39, 0.29) is 29.8 Å². The molecule has 2 aromatic heterocycles. The number of rotatable bonds is 11. The molecule has 32 heavy (non-hydrogen) atoms. The first kappa shape index (κ1) is 25.0. The number of methoxy groups -OCH3 is 1. The molecule has 0 spiro atoms. The Balaban J connectivity index is 2.04. The highest BCUT2D eigenvalue weighted by Crippen LogP contribution is 2.34. The summed E-state index contributed by atoms with van der Waals surface area (Å²) in [5.41, 5.74) is 0.913. The average Bonchev–Trinajstić information content (AvgIpc) is 2.81. The number of likely N-dealkylation sites (N-methyl/N-ethyl adjacent to an activating group) is 2. The molecule has 1 atom stereocenters. The Labute approximate surface area is 187 Å². The number of halogens is 2. The summed E-state index contributed by atoms with van der Waals surface area (Å²) in [7, 11) is 1.36. The van der Waals surface area contributed by atoms with E-state index >= 15 is 0 Å². The third kappa shape index (κ3) is 6.36. The van der Waals surface area contributed by atoms with Gasteiger partial charge in [-0.25, -0.2) is 18.7 Å². The molecule has 2 aromatic rings. The van der Waals surface area contributed by atoms with Gasteiger partial charge in [0, 0.05) is 68.2 Å². The van der Waals surface area contributed by atoms with Gasteiger partial charge in [-0.05, 0) is 39.0 Å². The fourth-order valence-corrected chi connectivity index (χ4v) is 3.55. The van der Waals surface area contributed by atoms with Gasteiger partial charge >= 0.3 is 0 Å². The number of amides is 1. The van der Waals surface area contributed by atoms with Gasteiger partial charge in [0.2, 0.25) is 11.8 Å². The van der Waals surface area contributed by atoms with Gasteiger partial charge in [0.15, 0.2) is 0 Å². The Morgan fingerprint density at radius 3 is 2.56 bits per heavy atom. The van der Waals surface area contributed by atoms with Crippen LogP contribution in [0.3, 0.4) is 0 Å². The second kappa shape index (κ2) is 11.4. The van der Waals surface area contributed by atoms with Crippen molar-refractivity contribution in [2.24, 2.45) is 0 Å². The fraction of sp³-hybridized carbons (Fsp3) is 0.478. The van der Waals surface area contributed by atoms with Gasteiger partial charge in [0.05, 0.1) is 7.11 Å². The van der Waals surface area contributed by atoms with Crippen molar-refractivity contribution in [2.45, 2.75) is 45.6 Å². The van der Waals surface area contributed by atoms with Crippen LogP contribution in [0.25, 0.3) is 0 Å². The minimum absolute atomic E-state index is 0.0807. The van der Waals surface area contributed by atoms with E-state index in [4.69, 9.17) is 10.00 Å². The van der Waals surface area contributed by atoms with Crippen molar-refractivity contribution >= 4 is 11.6 Å². The monoisotopic (exact) mass is 445 g/mol. The van der Waals surface area contributed by atoms with Crippen molar-refractivity contribution in [3.05, 3.63) is 47.9 Å². The van der Waals surface area contributed by atoms with Gasteiger partial charge in [0.1, 0.15) is 11.8 Å². The third-order valence-electron chi connectivity index (χ3n) is 5.30. The summed E-state index contributed by atoms with van der Waals surface area (Å²) in [5, 5.41) is 9.09. The molecule has 0 fully saturated rings. The predicted molar refractivity (Wildman–Crippen MR) is 118 cm³/mol. The van der Waals surface area contributed by atoms with Crippen molar-refractivity contribution in [1.82, 2.24) is 14.9 Å². The highest BCUT2D eigenvalue weighted by molar-refractivity contribution is 5.76. The number of ether oxygens (including phenoxy) is 1. The van der Waals surface area contributed by atoms with E-state index < -0.39 is 12.3 Å². The molecule has 0 aliphatic carbocycles. The van der Waals surface area contributed by atoms with E-state index in [9.17, 15) is 13.6 Å². The van der Waals surface area contributed by atoms with Crippen molar-refractivity contribution < 1.29 is 18.3 Å². The molecule has 2 heterocycles. The van der Waals surface area contributed by atoms with Crippen molar-refractivity contribution in [2.75, 3.05) is 31.6 Å². The maximum Gasteiger partial charge on any atom is 0.274 e. The molecule has 0 N–H and O–H groups in total. The van der Waals surface area contributed by atoms with Crippen molar-refractivity contribution in [3.8, 4) is 11.9 Å². The normalized spacial score (nSPS) is 12.0. The van der Waals surface area contributed by atoms with E-state index in [1.165, 1.54) is 25.4 Å². The van der Waals surface area contributed by atoms with Crippen LogP contribution in [0, 0.1) is 11.3 Å². The zero-order valence-corrected chi connectivity index (χ0v) is 18.9. The molecule has 0 radical (unpaired) electrons. The summed E-state index contributed by atoms with van der Waals surface area (Å²) in [6, 6.07) is 7.87. The van der Waals surface area contributed by atoms with Gasteiger partial charge in [-0.1, -0.05) is 0 Å². The average molecular weight is 446 g/mol. The molecule has 0 saturated carbocycles. The molecule has 0 aliphatic rings. The molecule has 1 unspecified atom stereocenters. The fourth-order valence-electron chi connectivity index (χ4n) is 3.55. The Bertz CT molecular complexity index is 948. The lowest BCUT2D eigenvalue weighted by molar-refractivity contribution is -0.133. The SMILES string of the molecule is CCN(CC(C)N(CC)c1ccnc(C#N)c1)C(=O)CCC(F)(F)c1ccnc(OC)c1. The summed E-state index contributed by atoms with van der Waals surface area (Å²) in [6.45, 7) is 7.21. The summed E-state index contributed by atoms with van der Waals surface area (Å²) >= 11 is 0. The third-order valence-corrected chi connectivity index (χ3v) is 5.30. The molecular weight excluding hydrogens is 416 g/mol. The molecule has 0 bridgehead atoms. The largest absolute Gasteiger partial charge is 0.481 e. The van der Waals surface area contributed by atoms with Crippen LogP contribution in [0.4, 0.5) is 14.5 Å². The number of alkyl halides is 2. The predicted octanol–water partition coefficient (Wildman–Crippen LogP) is 3.99. The lowest BCUT2D eigenvalue weighted by Gasteiger charge is -2.34.